The Labute approximate surface area is 128 Å². The fourth-order valence-corrected chi connectivity index (χ4v) is 2.92. The molecule has 0 saturated heterocycles. The van der Waals surface area contributed by atoms with Crippen molar-refractivity contribution < 1.29 is 4.74 Å². The minimum Gasteiger partial charge on any atom is -0.470 e. The molecule has 0 amide bonds. The van der Waals surface area contributed by atoms with Gasteiger partial charge in [0, 0.05) is 6.54 Å². The molecule has 4 heteroatoms. The molecule has 1 fully saturated rings. The molecular weight excluding hydrogens is 262 g/mol. The molecule has 0 bridgehead atoms. The van der Waals surface area contributed by atoms with Crippen molar-refractivity contribution in [1.82, 2.24) is 4.98 Å². The number of aromatic nitrogens is 1. The smallest absolute Gasteiger partial charge is 0.239 e. The maximum Gasteiger partial charge on any atom is 0.239 e. The summed E-state index contributed by atoms with van der Waals surface area (Å²) in [5.41, 5.74) is 6.23. The number of pyridine rings is 1. The second-order valence-electron chi connectivity index (χ2n) is 7.32. The maximum atomic E-state index is 5.94. The molecule has 2 rings (SSSR count). The van der Waals surface area contributed by atoms with Crippen molar-refractivity contribution in [2.45, 2.75) is 59.0 Å². The van der Waals surface area contributed by atoms with Gasteiger partial charge in [-0.25, -0.2) is 0 Å². The summed E-state index contributed by atoms with van der Waals surface area (Å²) in [5.74, 6) is 2.97. The van der Waals surface area contributed by atoms with Crippen LogP contribution in [0.2, 0.25) is 0 Å². The lowest BCUT2D eigenvalue weighted by molar-refractivity contribution is 0.125. The minimum atomic E-state index is -0.293. The lowest BCUT2D eigenvalue weighted by atomic mass is 9.82. The van der Waals surface area contributed by atoms with Crippen molar-refractivity contribution in [3.8, 4) is 5.88 Å². The number of ether oxygens (including phenoxy) is 1. The Balaban J connectivity index is 1.95. The fraction of sp³-hybridized carbons (Fsp3) is 0.706. The van der Waals surface area contributed by atoms with Crippen LogP contribution in [0.25, 0.3) is 0 Å². The first-order valence-corrected chi connectivity index (χ1v) is 8.03. The van der Waals surface area contributed by atoms with Crippen LogP contribution in [0.1, 0.15) is 53.4 Å². The predicted molar refractivity (Wildman–Crippen MR) is 88.6 cm³/mol. The van der Waals surface area contributed by atoms with Crippen LogP contribution in [-0.2, 0) is 0 Å². The SMILES string of the molecule is CC1CCCC(CNc2ccc(N)c(OC(C)(C)C)n2)C1. The van der Waals surface area contributed by atoms with E-state index in [1.807, 2.05) is 32.9 Å². The van der Waals surface area contributed by atoms with E-state index in [-0.39, 0.29) is 5.60 Å². The number of hydrogen-bond donors (Lipinski definition) is 2. The highest BCUT2D eigenvalue weighted by atomic mass is 16.5. The van der Waals surface area contributed by atoms with Gasteiger partial charge >= 0.3 is 0 Å². The second-order valence-corrected chi connectivity index (χ2v) is 7.32. The third-order valence-corrected chi connectivity index (χ3v) is 3.91. The Bertz CT molecular complexity index is 468. The van der Waals surface area contributed by atoms with Crippen molar-refractivity contribution in [3.63, 3.8) is 0 Å². The van der Waals surface area contributed by atoms with E-state index in [4.69, 9.17) is 10.5 Å². The largest absolute Gasteiger partial charge is 0.470 e. The van der Waals surface area contributed by atoms with Gasteiger partial charge in [0.2, 0.25) is 5.88 Å². The van der Waals surface area contributed by atoms with Crippen molar-refractivity contribution >= 4 is 11.5 Å². The zero-order chi connectivity index (χ0) is 15.5. The van der Waals surface area contributed by atoms with Crippen LogP contribution in [0.15, 0.2) is 12.1 Å². The van der Waals surface area contributed by atoms with E-state index >= 15 is 0 Å². The van der Waals surface area contributed by atoms with Crippen molar-refractivity contribution in [3.05, 3.63) is 12.1 Å². The lowest BCUT2D eigenvalue weighted by Crippen LogP contribution is -2.25. The predicted octanol–water partition coefficient (Wildman–Crippen LogP) is 4.08. The number of rotatable bonds is 4. The fourth-order valence-electron chi connectivity index (χ4n) is 2.92. The maximum absolute atomic E-state index is 5.94. The van der Waals surface area contributed by atoms with Crippen molar-refractivity contribution in [2.24, 2.45) is 11.8 Å². The summed E-state index contributed by atoms with van der Waals surface area (Å²) in [4.78, 5) is 4.50. The molecule has 3 N–H and O–H groups in total. The molecule has 0 spiro atoms. The van der Waals surface area contributed by atoms with E-state index < -0.39 is 0 Å². The molecular formula is C17H29N3O. The number of nitrogens with two attached hydrogens (primary N) is 1. The van der Waals surface area contributed by atoms with Gasteiger partial charge in [-0.05, 0) is 57.6 Å². The van der Waals surface area contributed by atoms with Gasteiger partial charge in [0.05, 0.1) is 5.69 Å². The Kier molecular flexibility index (Phi) is 4.96. The van der Waals surface area contributed by atoms with Gasteiger partial charge in [-0.1, -0.05) is 19.8 Å². The average molecular weight is 291 g/mol. The zero-order valence-corrected chi connectivity index (χ0v) is 13.8. The van der Waals surface area contributed by atoms with E-state index in [0.717, 1.165) is 24.2 Å². The molecule has 1 aromatic rings. The Hall–Kier alpha value is -1.45. The summed E-state index contributed by atoms with van der Waals surface area (Å²) in [5, 5.41) is 3.44. The summed E-state index contributed by atoms with van der Waals surface area (Å²) >= 11 is 0. The van der Waals surface area contributed by atoms with E-state index in [1.165, 1.54) is 25.7 Å². The molecule has 0 aliphatic heterocycles. The van der Waals surface area contributed by atoms with Crippen LogP contribution in [-0.4, -0.2) is 17.1 Å². The highest BCUT2D eigenvalue weighted by Gasteiger charge is 2.19. The van der Waals surface area contributed by atoms with Gasteiger partial charge < -0.3 is 15.8 Å². The Morgan fingerprint density at radius 1 is 1.33 bits per heavy atom. The molecule has 1 heterocycles. The standard InChI is InChI=1S/C17H29N3O/c1-12-6-5-7-13(10-12)11-19-15-9-8-14(18)16(20-15)21-17(2,3)4/h8-9,12-13H,5-7,10-11,18H2,1-4H3,(H,19,20). The van der Waals surface area contributed by atoms with Crippen LogP contribution in [0.3, 0.4) is 0 Å². The summed E-state index contributed by atoms with van der Waals surface area (Å²) < 4.78 is 5.81. The van der Waals surface area contributed by atoms with E-state index in [9.17, 15) is 0 Å². The second kappa shape index (κ2) is 6.54. The van der Waals surface area contributed by atoms with E-state index in [0.29, 0.717) is 11.6 Å². The van der Waals surface area contributed by atoms with Crippen molar-refractivity contribution in [1.29, 1.82) is 0 Å². The monoisotopic (exact) mass is 291 g/mol. The lowest BCUT2D eigenvalue weighted by Gasteiger charge is -2.27. The van der Waals surface area contributed by atoms with Crippen LogP contribution in [0.5, 0.6) is 5.88 Å². The molecule has 0 radical (unpaired) electrons. The molecule has 1 aromatic heterocycles. The molecule has 4 nitrogen and oxygen atoms in total. The third-order valence-electron chi connectivity index (χ3n) is 3.91. The summed E-state index contributed by atoms with van der Waals surface area (Å²) in [6, 6.07) is 3.79. The molecule has 1 aliphatic rings. The zero-order valence-electron chi connectivity index (χ0n) is 13.8. The number of nitrogens with one attached hydrogen (secondary N) is 1. The third kappa shape index (κ3) is 5.10. The molecule has 21 heavy (non-hydrogen) atoms. The molecule has 2 atom stereocenters. The summed E-state index contributed by atoms with van der Waals surface area (Å²) in [7, 11) is 0. The highest BCUT2D eigenvalue weighted by Crippen LogP contribution is 2.29. The summed E-state index contributed by atoms with van der Waals surface area (Å²) in [6.07, 6.45) is 5.35. The molecule has 1 saturated carbocycles. The quantitative estimate of drug-likeness (QED) is 0.877. The normalized spacial score (nSPS) is 22.9. The number of nitrogens with zero attached hydrogens (tertiary/aromatic N) is 1. The van der Waals surface area contributed by atoms with Gasteiger partial charge in [-0.15, -0.1) is 0 Å². The van der Waals surface area contributed by atoms with Gasteiger partial charge in [0.25, 0.3) is 0 Å². The number of nitrogen functional groups attached to an aromatic ring is 1. The van der Waals surface area contributed by atoms with Gasteiger partial charge in [0.15, 0.2) is 0 Å². The number of hydrogen-bond acceptors (Lipinski definition) is 4. The van der Waals surface area contributed by atoms with Gasteiger partial charge in [-0.3, -0.25) is 0 Å². The minimum absolute atomic E-state index is 0.293. The molecule has 1 aliphatic carbocycles. The van der Waals surface area contributed by atoms with Gasteiger partial charge in [-0.2, -0.15) is 4.98 Å². The Morgan fingerprint density at radius 3 is 2.76 bits per heavy atom. The molecule has 118 valence electrons. The molecule has 0 aromatic carbocycles. The van der Waals surface area contributed by atoms with Crippen molar-refractivity contribution in [2.75, 3.05) is 17.6 Å². The highest BCUT2D eigenvalue weighted by molar-refractivity contribution is 5.53. The van der Waals surface area contributed by atoms with E-state index in [2.05, 4.69) is 17.2 Å². The first-order valence-electron chi connectivity index (χ1n) is 8.03. The van der Waals surface area contributed by atoms with Crippen LogP contribution in [0.4, 0.5) is 11.5 Å². The van der Waals surface area contributed by atoms with Gasteiger partial charge in [0.1, 0.15) is 11.4 Å². The van der Waals surface area contributed by atoms with Crippen LogP contribution < -0.4 is 15.8 Å². The topological polar surface area (TPSA) is 60.2 Å². The van der Waals surface area contributed by atoms with Crippen LogP contribution in [0, 0.1) is 11.8 Å². The Morgan fingerprint density at radius 2 is 2.10 bits per heavy atom. The first-order chi connectivity index (χ1) is 9.83. The molecule has 2 unspecified atom stereocenters. The average Bonchev–Trinajstić information content (AvgIpc) is 2.38. The van der Waals surface area contributed by atoms with Crippen LogP contribution >= 0.6 is 0 Å². The summed E-state index contributed by atoms with van der Waals surface area (Å²) in [6.45, 7) is 9.33. The first kappa shape index (κ1) is 15.9. The number of anilines is 2. The van der Waals surface area contributed by atoms with E-state index in [1.54, 1.807) is 0 Å².